The van der Waals surface area contributed by atoms with Crippen molar-refractivity contribution in [2.75, 3.05) is 18.1 Å². The Hall–Kier alpha value is -2.20. The van der Waals surface area contributed by atoms with Crippen molar-refractivity contribution in [1.82, 2.24) is 0 Å². The van der Waals surface area contributed by atoms with Gasteiger partial charge in [-0.05, 0) is 25.3 Å². The summed E-state index contributed by atoms with van der Waals surface area (Å²) in [6, 6.07) is 2.89. The van der Waals surface area contributed by atoms with Gasteiger partial charge in [0.05, 0.1) is 19.1 Å². The molecule has 1 heterocycles. The van der Waals surface area contributed by atoms with Crippen molar-refractivity contribution in [1.29, 1.82) is 0 Å². The van der Waals surface area contributed by atoms with Crippen LogP contribution in [0.15, 0.2) is 12.1 Å². The zero-order valence-electron chi connectivity index (χ0n) is 17.1. The van der Waals surface area contributed by atoms with Gasteiger partial charge in [-0.1, -0.05) is 20.8 Å². The number of carbonyl (C=O) groups is 1. The lowest BCUT2D eigenvalue weighted by molar-refractivity contribution is -0.240. The van der Waals surface area contributed by atoms with Crippen molar-refractivity contribution in [2.45, 2.75) is 51.9 Å². The summed E-state index contributed by atoms with van der Waals surface area (Å²) in [4.78, 5) is 11.6. The number of nitrogens with one attached hydrogen (secondary N) is 1. The summed E-state index contributed by atoms with van der Waals surface area (Å²) < 4.78 is 42.4. The molecule has 0 fully saturated rings. The molecule has 0 aliphatic carbocycles. The second-order valence-electron chi connectivity index (χ2n) is 8.41. The minimum absolute atomic E-state index is 0.151. The number of benzene rings is 1. The van der Waals surface area contributed by atoms with Crippen LogP contribution in [-0.4, -0.2) is 44.2 Å². The molecule has 2 atom stereocenters. The largest absolute Gasteiger partial charge is 0.495 e. The summed E-state index contributed by atoms with van der Waals surface area (Å²) in [5, 5.41) is 11.7. The Morgan fingerprint density at radius 1 is 1.32 bits per heavy atom. The van der Waals surface area contributed by atoms with Gasteiger partial charge in [0.15, 0.2) is 6.10 Å². The third-order valence-electron chi connectivity index (χ3n) is 4.95. The first-order valence-corrected chi connectivity index (χ1v) is 10.5. The molecule has 9 nitrogen and oxygen atoms in total. The Labute approximate surface area is 165 Å². The Bertz CT molecular complexity index is 890. The van der Waals surface area contributed by atoms with Gasteiger partial charge in [-0.3, -0.25) is 4.72 Å². The van der Waals surface area contributed by atoms with Crippen LogP contribution in [0.5, 0.6) is 11.5 Å². The summed E-state index contributed by atoms with van der Waals surface area (Å²) in [6.07, 6.45) is -1.23. The summed E-state index contributed by atoms with van der Waals surface area (Å²) in [5.74, 6) is 0.402. The molecule has 1 aliphatic heterocycles. The topological polar surface area (TPSA) is 137 Å². The van der Waals surface area contributed by atoms with Crippen LogP contribution in [-0.2, 0) is 14.8 Å². The number of carbonyl (C=O) groups excluding carboxylic acids is 1. The summed E-state index contributed by atoms with van der Waals surface area (Å²) >= 11 is 0. The third-order valence-corrected chi connectivity index (χ3v) is 5.54. The standard InChI is InChI=1S/C18H28N2O7S/c1-16(2,3)18(22)14(26-15(19)21)10-8-13(25-6)11(20-28(7,23)24)9-12(10)27-17(18,4)5/h8-9,14,20,22H,1-7H3,(H2,19,21)/t14-,18-/m0/s1. The van der Waals surface area contributed by atoms with Crippen molar-refractivity contribution >= 4 is 21.8 Å². The van der Waals surface area contributed by atoms with Crippen molar-refractivity contribution in [3.8, 4) is 11.5 Å². The molecule has 1 amide bonds. The number of nitrogens with two attached hydrogens (primary N) is 1. The van der Waals surface area contributed by atoms with Crippen molar-refractivity contribution in [3.05, 3.63) is 17.7 Å². The first-order valence-electron chi connectivity index (χ1n) is 8.60. The molecule has 10 heteroatoms. The minimum atomic E-state index is -3.58. The fourth-order valence-corrected chi connectivity index (χ4v) is 4.33. The Morgan fingerprint density at radius 3 is 2.32 bits per heavy atom. The van der Waals surface area contributed by atoms with Crippen LogP contribution in [0.2, 0.25) is 0 Å². The number of primary amides is 1. The molecule has 0 aromatic heterocycles. The van der Waals surface area contributed by atoms with Gasteiger partial charge in [-0.25, -0.2) is 13.2 Å². The van der Waals surface area contributed by atoms with Crippen LogP contribution in [0.25, 0.3) is 0 Å². The van der Waals surface area contributed by atoms with Gasteiger partial charge < -0.3 is 25.1 Å². The van der Waals surface area contributed by atoms with Crippen LogP contribution in [0, 0.1) is 5.41 Å². The lowest BCUT2D eigenvalue weighted by Crippen LogP contribution is -2.67. The van der Waals surface area contributed by atoms with E-state index in [9.17, 15) is 18.3 Å². The molecular weight excluding hydrogens is 388 g/mol. The highest BCUT2D eigenvalue weighted by Crippen LogP contribution is 2.56. The van der Waals surface area contributed by atoms with Crippen LogP contribution < -0.4 is 19.9 Å². The first kappa shape index (κ1) is 22.1. The number of fused-ring (bicyclic) bond motifs is 1. The maximum atomic E-state index is 11.7. The molecule has 0 saturated heterocycles. The van der Waals surface area contributed by atoms with Gasteiger partial charge in [0.25, 0.3) is 0 Å². The second-order valence-corrected chi connectivity index (χ2v) is 10.2. The SMILES string of the molecule is COc1cc2c(cc1NS(C)(=O)=O)OC(C)(C)[C@@](O)(C(C)(C)C)[C@H]2OC(N)=O. The average molecular weight is 416 g/mol. The number of anilines is 1. The van der Waals surface area contributed by atoms with Gasteiger partial charge >= 0.3 is 6.09 Å². The first-order chi connectivity index (χ1) is 12.5. The molecule has 2 rings (SSSR count). The van der Waals surface area contributed by atoms with Crippen molar-refractivity contribution in [2.24, 2.45) is 11.1 Å². The monoisotopic (exact) mass is 416 g/mol. The predicted molar refractivity (Wildman–Crippen MR) is 104 cm³/mol. The van der Waals surface area contributed by atoms with Crippen LogP contribution in [0.1, 0.15) is 46.3 Å². The maximum Gasteiger partial charge on any atom is 0.405 e. The van der Waals surface area contributed by atoms with Crippen molar-refractivity contribution < 1.29 is 32.5 Å². The lowest BCUT2D eigenvalue weighted by atomic mass is 9.62. The minimum Gasteiger partial charge on any atom is -0.495 e. The van der Waals surface area contributed by atoms with Crippen LogP contribution in [0.3, 0.4) is 0 Å². The fourth-order valence-electron chi connectivity index (χ4n) is 3.77. The van der Waals surface area contributed by atoms with E-state index in [1.54, 1.807) is 34.6 Å². The van der Waals surface area contributed by atoms with Gasteiger partial charge in [0.2, 0.25) is 10.0 Å². The number of aliphatic hydroxyl groups is 1. The summed E-state index contributed by atoms with van der Waals surface area (Å²) in [6.45, 7) is 8.69. The number of hydrogen-bond donors (Lipinski definition) is 3. The highest BCUT2D eigenvalue weighted by atomic mass is 32.2. The Morgan fingerprint density at radius 2 is 1.89 bits per heavy atom. The summed E-state index contributed by atoms with van der Waals surface area (Å²) in [7, 11) is -2.22. The molecule has 0 unspecified atom stereocenters. The Kier molecular flexibility index (Phi) is 5.28. The Balaban J connectivity index is 2.79. The van der Waals surface area contributed by atoms with E-state index in [4.69, 9.17) is 19.9 Å². The van der Waals surface area contributed by atoms with E-state index in [1.807, 2.05) is 0 Å². The molecular formula is C18H28N2O7S. The summed E-state index contributed by atoms with van der Waals surface area (Å²) in [5.41, 5.74) is 2.08. The van der Waals surface area contributed by atoms with Crippen molar-refractivity contribution in [3.63, 3.8) is 0 Å². The number of amides is 1. The molecule has 1 aliphatic rings. The van der Waals surface area contributed by atoms with E-state index in [0.717, 1.165) is 6.26 Å². The molecule has 1 aromatic rings. The van der Waals surface area contributed by atoms with E-state index in [1.165, 1.54) is 19.2 Å². The zero-order valence-corrected chi connectivity index (χ0v) is 17.9. The predicted octanol–water partition coefficient (Wildman–Crippen LogP) is 2.15. The number of sulfonamides is 1. The maximum absolute atomic E-state index is 11.7. The van der Waals surface area contributed by atoms with Gasteiger partial charge in [0.1, 0.15) is 22.7 Å². The van der Waals surface area contributed by atoms with E-state index in [0.29, 0.717) is 5.56 Å². The fraction of sp³-hybridized carbons (Fsp3) is 0.611. The normalized spacial score (nSPS) is 23.9. The smallest absolute Gasteiger partial charge is 0.405 e. The zero-order chi connectivity index (χ0) is 21.7. The molecule has 28 heavy (non-hydrogen) atoms. The molecule has 4 N–H and O–H groups in total. The highest BCUT2D eigenvalue weighted by Gasteiger charge is 2.63. The van der Waals surface area contributed by atoms with Gasteiger partial charge in [0, 0.05) is 11.6 Å². The molecule has 0 bridgehead atoms. The number of hydrogen-bond acceptors (Lipinski definition) is 7. The van der Waals surface area contributed by atoms with E-state index >= 15 is 0 Å². The number of ether oxygens (including phenoxy) is 3. The second kappa shape index (κ2) is 6.70. The van der Waals surface area contributed by atoms with E-state index in [-0.39, 0.29) is 17.2 Å². The molecule has 0 radical (unpaired) electrons. The number of rotatable bonds is 4. The lowest BCUT2D eigenvalue weighted by Gasteiger charge is -2.56. The highest BCUT2D eigenvalue weighted by molar-refractivity contribution is 7.92. The average Bonchev–Trinajstić information content (AvgIpc) is 2.48. The third kappa shape index (κ3) is 3.70. The number of methoxy groups -OCH3 is 1. The molecule has 0 spiro atoms. The molecule has 158 valence electrons. The molecule has 0 saturated carbocycles. The van der Waals surface area contributed by atoms with Crippen LogP contribution >= 0.6 is 0 Å². The molecule has 1 aromatic carbocycles. The van der Waals surface area contributed by atoms with Gasteiger partial charge in [-0.2, -0.15) is 0 Å². The quantitative estimate of drug-likeness (QED) is 0.684. The van der Waals surface area contributed by atoms with Gasteiger partial charge in [-0.15, -0.1) is 0 Å². The van der Waals surface area contributed by atoms with E-state index in [2.05, 4.69) is 4.72 Å². The van der Waals surface area contributed by atoms with E-state index < -0.39 is 38.8 Å². The van der Waals surface area contributed by atoms with Crippen LogP contribution in [0.4, 0.5) is 10.5 Å².